The van der Waals surface area contributed by atoms with Crippen molar-refractivity contribution in [3.63, 3.8) is 0 Å². The number of hydrogen-bond donors (Lipinski definition) is 2. The number of rotatable bonds is 14. The molecule has 6 aromatic carbocycles. The van der Waals surface area contributed by atoms with Crippen LogP contribution in [-0.2, 0) is 42.7 Å². The number of carbonyl (C=O) groups excluding carboxylic acids is 2. The van der Waals surface area contributed by atoms with E-state index in [9.17, 15) is 26.4 Å². The Morgan fingerprint density at radius 3 is 1.38 bits per heavy atom. The maximum absolute atomic E-state index is 13.7. The van der Waals surface area contributed by atoms with E-state index in [2.05, 4.69) is 30.1 Å². The average Bonchev–Trinajstić information content (AvgIpc) is 1.60. The van der Waals surface area contributed by atoms with Crippen LogP contribution >= 0.6 is 47.2 Å². The molecule has 0 radical (unpaired) electrons. The molecule has 4 aliphatic rings. The van der Waals surface area contributed by atoms with Crippen LogP contribution in [0.4, 0.5) is 15.5 Å². The van der Waals surface area contributed by atoms with Crippen molar-refractivity contribution >= 4 is 107 Å². The largest absolute Gasteiger partial charge is 0.445 e. The lowest BCUT2D eigenvalue weighted by Gasteiger charge is -2.42. The molecule has 14 rings (SSSR count). The third kappa shape index (κ3) is 16.9. The monoisotopic (exact) mass is 1440 g/mol. The minimum Gasteiger partial charge on any atom is -0.445 e. The number of piperazine rings is 2. The molecule has 2 amide bonds. The second-order valence-corrected chi connectivity index (χ2v) is 29.2. The van der Waals surface area contributed by atoms with Crippen LogP contribution in [-0.4, -0.2) is 153 Å². The first kappa shape index (κ1) is 71.1. The molecular weight excluding hydrogens is 1370 g/mol. The van der Waals surface area contributed by atoms with Crippen LogP contribution in [0, 0.1) is 0 Å². The van der Waals surface area contributed by atoms with E-state index in [4.69, 9.17) is 55.0 Å². The van der Waals surface area contributed by atoms with Crippen molar-refractivity contribution in [1.29, 1.82) is 0 Å². The maximum Gasteiger partial charge on any atom is 0.410 e. The van der Waals surface area contributed by atoms with Gasteiger partial charge < -0.3 is 30.3 Å². The number of ether oxygens (including phenoxy) is 2. The lowest BCUT2D eigenvalue weighted by Crippen LogP contribution is -2.53. The fourth-order valence-electron chi connectivity index (χ4n) is 13.1. The molecule has 2 aliphatic carbocycles. The Morgan fingerprint density at radius 2 is 0.908 bits per heavy atom. The van der Waals surface area contributed by atoms with Crippen LogP contribution in [0.25, 0.3) is 44.3 Å². The molecule has 512 valence electrons. The molecule has 2 saturated heterocycles. The number of nitrogens with zero attached hydrogens (tertiary/aromatic N) is 10. The van der Waals surface area contributed by atoms with Gasteiger partial charge in [0.1, 0.15) is 13.2 Å². The number of hydrogen-bond acceptors (Lipinski definition) is 16. The van der Waals surface area contributed by atoms with E-state index in [0.29, 0.717) is 87.7 Å². The molecule has 0 bridgehead atoms. The first-order valence-corrected chi connectivity index (χ1v) is 36.5. The van der Waals surface area contributed by atoms with Gasteiger partial charge in [-0.2, -0.15) is 0 Å². The number of nitrogens with one attached hydrogen (secondary N) is 1. The number of anilines is 1. The van der Waals surface area contributed by atoms with Crippen molar-refractivity contribution in [1.82, 2.24) is 47.5 Å². The molecule has 4 aromatic heterocycles. The van der Waals surface area contributed by atoms with Gasteiger partial charge in [0.2, 0.25) is 11.2 Å². The number of halogens is 4. The van der Waals surface area contributed by atoms with Gasteiger partial charge in [-0.05, 0) is 104 Å². The van der Waals surface area contributed by atoms with Gasteiger partial charge >= 0.3 is 12.2 Å². The molecule has 0 spiro atoms. The third-order valence-corrected chi connectivity index (χ3v) is 22.3. The summed E-state index contributed by atoms with van der Waals surface area (Å²) in [5.41, 5.74) is 11.2. The van der Waals surface area contributed by atoms with E-state index >= 15 is 0 Å². The minimum atomic E-state index is -3.86. The number of nitrogens with two attached hydrogens (primary N) is 1. The van der Waals surface area contributed by atoms with Crippen molar-refractivity contribution in [3.8, 4) is 22.5 Å². The number of amides is 2. The van der Waals surface area contributed by atoms with E-state index in [-0.39, 0.29) is 57.3 Å². The topological polar surface area (TPSA) is 233 Å². The molecule has 2 aliphatic heterocycles. The molecule has 3 N–H and O–H groups in total. The molecule has 10 aromatic rings. The Morgan fingerprint density at radius 1 is 0.500 bits per heavy atom. The van der Waals surface area contributed by atoms with Crippen molar-refractivity contribution in [3.05, 3.63) is 221 Å². The Bertz CT molecular complexity index is 4570. The number of aromatic nitrogens is 6. The number of benzene rings is 6. The zero-order chi connectivity index (χ0) is 67.5. The van der Waals surface area contributed by atoms with E-state index in [1.807, 2.05) is 95.9 Å². The zero-order valence-corrected chi connectivity index (χ0v) is 58.4. The Balaban J connectivity index is 0.000000163. The van der Waals surface area contributed by atoms with E-state index < -0.39 is 20.0 Å². The predicted octanol–water partition coefficient (Wildman–Crippen LogP) is 13.9. The molecule has 98 heavy (non-hydrogen) atoms. The summed E-state index contributed by atoms with van der Waals surface area (Å²) < 4.78 is 67.0. The number of carbonyl (C=O) groups is 2. The summed E-state index contributed by atoms with van der Waals surface area (Å²) in [6, 6.07) is 52.1. The summed E-state index contributed by atoms with van der Waals surface area (Å²) >= 11 is 18.8. The summed E-state index contributed by atoms with van der Waals surface area (Å²) in [6.45, 7) is 6.86. The van der Waals surface area contributed by atoms with E-state index in [1.165, 1.54) is 33.2 Å². The van der Waals surface area contributed by atoms with Gasteiger partial charge in [0.15, 0.2) is 0 Å². The van der Waals surface area contributed by atoms with Crippen LogP contribution in [0.1, 0.15) is 62.5 Å². The Hall–Kier alpha value is -8.16. The summed E-state index contributed by atoms with van der Waals surface area (Å²) in [5, 5.41) is 5.62. The van der Waals surface area contributed by atoms with Crippen molar-refractivity contribution in [2.24, 2.45) is 5.73 Å². The van der Waals surface area contributed by atoms with Gasteiger partial charge in [0.25, 0.3) is 20.0 Å². The highest BCUT2D eigenvalue weighted by Gasteiger charge is 2.33. The lowest BCUT2D eigenvalue weighted by atomic mass is 9.89. The third-order valence-electron chi connectivity index (χ3n) is 18.2. The summed E-state index contributed by atoms with van der Waals surface area (Å²) in [7, 11) is -7.64. The summed E-state index contributed by atoms with van der Waals surface area (Å²) in [4.78, 5) is 51.2. The minimum absolute atomic E-state index is 0. The summed E-state index contributed by atoms with van der Waals surface area (Å²) in [5.74, 6) is 0.453. The van der Waals surface area contributed by atoms with E-state index in [1.54, 1.807) is 96.2 Å². The van der Waals surface area contributed by atoms with Crippen LogP contribution < -0.4 is 11.1 Å². The molecule has 2 saturated carbocycles. The average molecular weight is 1440 g/mol. The zero-order valence-electron chi connectivity index (χ0n) is 53.7. The molecule has 4 atom stereocenters. The highest BCUT2D eigenvalue weighted by atomic mass is 35.5. The fraction of sp³-hybridized carbons (Fsp3) is 0.306. The molecule has 1 unspecified atom stereocenters. The van der Waals surface area contributed by atoms with Crippen LogP contribution in [0.5, 0.6) is 0 Å². The quantitative estimate of drug-likeness (QED) is 0.0963. The molecule has 4 fully saturated rings. The SMILES string of the molecule is Cl.N[C@@H]1CCCC(N2CCN(C(=O)OCc3ccccc3)CC2)C1.O=C(OCc1ccccc1)N1CCN([C@H]2CCC[C@@H](Nc3ncc(Cl)c(-c4cn(S(=O)(=O)c5ccccc5)c5ccccc45)n3)C2)CC1.O=S(=O)(c1ccccc1)n1cc(-c2nc(Cl)ncc2Cl)c2ccccc21. The second kappa shape index (κ2) is 32.7. The number of para-hydroxylation sites is 2. The molecule has 26 heteroatoms. The van der Waals surface area contributed by atoms with Crippen LogP contribution in [0.15, 0.2) is 204 Å². The molecule has 20 nitrogen and oxygen atoms in total. The fourth-order valence-corrected chi connectivity index (χ4v) is 16.4. The molecule has 6 heterocycles. The van der Waals surface area contributed by atoms with Crippen LogP contribution in [0.3, 0.4) is 0 Å². The van der Waals surface area contributed by atoms with Gasteiger partial charge in [0, 0.05) is 111 Å². The second-order valence-electron chi connectivity index (χ2n) is 24.4. The Labute approximate surface area is 592 Å². The highest BCUT2D eigenvalue weighted by molar-refractivity contribution is 7.90. The first-order valence-electron chi connectivity index (χ1n) is 32.5. The van der Waals surface area contributed by atoms with Crippen LogP contribution in [0.2, 0.25) is 15.3 Å². The smallest absolute Gasteiger partial charge is 0.410 e. The number of fused-ring (bicyclic) bond motifs is 2. The predicted molar refractivity (Wildman–Crippen MR) is 386 cm³/mol. The van der Waals surface area contributed by atoms with Gasteiger partial charge in [0.05, 0.1) is 54.7 Å². The van der Waals surface area contributed by atoms with Gasteiger partial charge in [-0.25, -0.2) is 54.3 Å². The van der Waals surface area contributed by atoms with Gasteiger partial charge in [-0.3, -0.25) is 9.80 Å². The molecular formula is C72H76Cl4N12O8S2. The van der Waals surface area contributed by atoms with E-state index in [0.717, 1.165) is 94.3 Å². The Kier molecular flexibility index (Phi) is 23.7. The highest BCUT2D eigenvalue weighted by Crippen LogP contribution is 2.38. The summed E-state index contributed by atoms with van der Waals surface area (Å²) in [6.07, 6.45) is 14.4. The van der Waals surface area contributed by atoms with Gasteiger partial charge in [-0.15, -0.1) is 12.4 Å². The lowest BCUT2D eigenvalue weighted by molar-refractivity contribution is 0.0510. The normalized spacial score (nSPS) is 18.5. The van der Waals surface area contributed by atoms with Crippen molar-refractivity contribution in [2.45, 2.75) is 98.5 Å². The standard InChI is InChI=1S/C36H37ClN6O4S.C18H11Cl2N3O2S.C18H27N3O2.ClH/c37-32-23-38-35(40-34(32)31-24-43(33-17-8-7-16-30(31)33)48(45,46)29-14-5-2-6-15-29)39-27-12-9-13-28(22-27)41-18-20-42(21-19-41)36(44)47-25-26-10-3-1-4-11-26;19-15-10-21-18(20)22-17(15)14-11-23(16-9-5-4-8-13(14)16)26(24,25)12-6-2-1-3-7-12;19-16-7-4-8-17(13-16)20-9-11-21(12-10-20)18(22)23-14-15-5-2-1-3-6-15;/h1-8,10-11,14-17,23-24,27-28H,9,12-13,18-22,25H2,(H,38,39,40);1-11H;1-3,5-6,16-17H,4,7-14,19H2;1H/t27-,28+;;16-,17?;/m1.1./s1. The van der Waals surface area contributed by atoms with Gasteiger partial charge in [-0.1, -0.05) is 163 Å². The maximum atomic E-state index is 13.7. The van der Waals surface area contributed by atoms with Crippen molar-refractivity contribution < 1.29 is 35.9 Å². The first-order chi connectivity index (χ1) is 47.1. The van der Waals surface area contributed by atoms with Crippen molar-refractivity contribution in [2.75, 3.05) is 57.7 Å².